The summed E-state index contributed by atoms with van der Waals surface area (Å²) < 4.78 is 25.8. The quantitative estimate of drug-likeness (QED) is 0.439. The molecule has 1 aromatic heterocycles. The number of fused-ring (bicyclic) bond motifs is 1. The number of methoxy groups -OCH3 is 1. The van der Waals surface area contributed by atoms with Crippen LogP contribution >= 0.6 is 0 Å². The Morgan fingerprint density at radius 1 is 1.08 bits per heavy atom. The maximum atomic E-state index is 14.7. The first-order valence-corrected chi connectivity index (χ1v) is 13.0. The minimum Gasteiger partial charge on any atom is -0.494 e. The largest absolute Gasteiger partial charge is 0.494 e. The van der Waals surface area contributed by atoms with Crippen LogP contribution in [0.1, 0.15) is 28.1 Å². The molecule has 2 saturated heterocycles. The topological polar surface area (TPSA) is 49.9 Å². The molecule has 36 heavy (non-hydrogen) atoms. The van der Waals surface area contributed by atoms with Gasteiger partial charge in [-0.15, -0.1) is 0 Å². The Morgan fingerprint density at radius 3 is 2.50 bits per heavy atom. The summed E-state index contributed by atoms with van der Waals surface area (Å²) in [6, 6.07) is 13.4. The number of likely N-dealkylation sites (tertiary alicyclic amines) is 1. The molecule has 3 aromatic rings. The van der Waals surface area contributed by atoms with Gasteiger partial charge in [-0.05, 0) is 69.9 Å². The predicted octanol–water partition coefficient (Wildman–Crippen LogP) is 5.45. The summed E-state index contributed by atoms with van der Waals surface area (Å²) in [5.41, 5.74) is 3.97. The number of aromatic nitrogens is 1. The van der Waals surface area contributed by atoms with E-state index in [1.54, 1.807) is 12.1 Å². The third-order valence-electron chi connectivity index (χ3n) is 7.24. The number of hydrogen-bond acceptors (Lipinski definition) is 6. The van der Waals surface area contributed by atoms with Crippen molar-refractivity contribution >= 4 is 16.6 Å². The van der Waals surface area contributed by atoms with Gasteiger partial charge in [0.1, 0.15) is 12.4 Å². The predicted molar refractivity (Wildman–Crippen MR) is 148 cm³/mol. The van der Waals surface area contributed by atoms with E-state index in [1.807, 2.05) is 45.2 Å². The zero-order valence-electron chi connectivity index (χ0n) is 22.2. The van der Waals surface area contributed by atoms with Crippen molar-refractivity contribution < 1.29 is 15.3 Å². The summed E-state index contributed by atoms with van der Waals surface area (Å²) in [7, 11) is 5.59. The molecule has 5 rings (SSSR count). The van der Waals surface area contributed by atoms with Gasteiger partial charge in [-0.2, -0.15) is 0 Å². The average Bonchev–Trinajstić information content (AvgIpc) is 3.49. The van der Waals surface area contributed by atoms with Gasteiger partial charge in [-0.1, -0.05) is 13.8 Å². The normalized spacial score (nSPS) is 19.6. The number of pyridine rings is 1. The molecule has 2 fully saturated rings. The lowest BCUT2D eigenvalue weighted by Crippen LogP contribution is -2.29. The Balaban J connectivity index is 0.00000124. The number of likely N-dealkylation sites (N-methyl/N-ethyl adjacent to an activating group) is 1. The Bertz CT molecular complexity index is 1180. The first kappa shape index (κ1) is 26.2. The van der Waals surface area contributed by atoms with Crippen LogP contribution in [0.15, 0.2) is 42.5 Å². The number of nitrogens with zero attached hydrogens (tertiary/aromatic N) is 3. The van der Waals surface area contributed by atoms with Crippen molar-refractivity contribution in [2.45, 2.75) is 26.7 Å². The molecule has 0 bridgehead atoms. The van der Waals surface area contributed by atoms with Crippen LogP contribution in [0.2, 0.25) is 0 Å². The molecule has 7 heteroatoms. The van der Waals surface area contributed by atoms with Crippen LogP contribution in [0.25, 0.3) is 22.2 Å². The maximum Gasteiger partial charge on any atom is 0.165 e. The average molecular weight is 497 g/mol. The van der Waals surface area contributed by atoms with Gasteiger partial charge in [0.25, 0.3) is 0 Å². The first-order valence-electron chi connectivity index (χ1n) is 13.0. The SMILES string of the molecule is CC.CNCCOc1ccc(-c2cc(N3CCC4(CCN(C)C4)C3)c3cc(F)c(OC)cc3n2)cc1.[HH]. The molecule has 2 aliphatic heterocycles. The van der Waals surface area contributed by atoms with Crippen LogP contribution < -0.4 is 19.7 Å². The van der Waals surface area contributed by atoms with Crippen LogP contribution in [0, 0.1) is 11.2 Å². The van der Waals surface area contributed by atoms with Gasteiger partial charge in [0.05, 0.1) is 18.3 Å². The van der Waals surface area contributed by atoms with Crippen LogP contribution in [0.5, 0.6) is 11.5 Å². The van der Waals surface area contributed by atoms with E-state index in [-0.39, 0.29) is 13.0 Å². The molecule has 0 amide bonds. The van der Waals surface area contributed by atoms with E-state index in [2.05, 4.69) is 28.2 Å². The van der Waals surface area contributed by atoms with Gasteiger partial charge in [-0.3, -0.25) is 0 Å². The van der Waals surface area contributed by atoms with Crippen molar-refractivity contribution in [2.75, 3.05) is 65.4 Å². The number of halogens is 1. The van der Waals surface area contributed by atoms with E-state index in [9.17, 15) is 4.39 Å². The first-order chi connectivity index (χ1) is 17.5. The molecule has 1 N–H and O–H groups in total. The van der Waals surface area contributed by atoms with Crippen molar-refractivity contribution in [1.29, 1.82) is 0 Å². The summed E-state index contributed by atoms with van der Waals surface area (Å²) in [5, 5.41) is 3.91. The van der Waals surface area contributed by atoms with Gasteiger partial charge in [0.2, 0.25) is 0 Å². The van der Waals surface area contributed by atoms with Gasteiger partial charge in [-0.25, -0.2) is 9.37 Å². The fourth-order valence-corrected chi connectivity index (χ4v) is 5.40. The van der Waals surface area contributed by atoms with E-state index >= 15 is 0 Å². The lowest BCUT2D eigenvalue weighted by atomic mass is 9.86. The minimum absolute atomic E-state index is 0. The van der Waals surface area contributed by atoms with Crippen LogP contribution in [0.3, 0.4) is 0 Å². The van der Waals surface area contributed by atoms with Crippen molar-refractivity contribution in [3.05, 3.63) is 48.3 Å². The van der Waals surface area contributed by atoms with Crippen LogP contribution in [-0.2, 0) is 0 Å². The number of benzene rings is 2. The zero-order valence-corrected chi connectivity index (χ0v) is 22.2. The molecular formula is C29H41FN4O2. The molecule has 6 nitrogen and oxygen atoms in total. The zero-order chi connectivity index (χ0) is 25.7. The molecule has 2 aromatic carbocycles. The lowest BCUT2D eigenvalue weighted by Gasteiger charge is -2.26. The summed E-state index contributed by atoms with van der Waals surface area (Å²) in [6.07, 6.45) is 2.38. The third kappa shape index (κ3) is 5.42. The number of rotatable bonds is 7. The summed E-state index contributed by atoms with van der Waals surface area (Å²) in [6.45, 7) is 9.63. The van der Waals surface area contributed by atoms with Crippen molar-refractivity contribution in [1.82, 2.24) is 15.2 Å². The molecule has 1 unspecified atom stereocenters. The Hall–Kier alpha value is -2.90. The monoisotopic (exact) mass is 496 g/mol. The minimum atomic E-state index is -0.358. The van der Waals surface area contributed by atoms with Crippen molar-refractivity contribution in [3.63, 3.8) is 0 Å². The third-order valence-corrected chi connectivity index (χ3v) is 7.24. The Labute approximate surface area is 215 Å². The van der Waals surface area contributed by atoms with E-state index < -0.39 is 0 Å². The highest BCUT2D eigenvalue weighted by Crippen LogP contribution is 2.43. The molecular weight excluding hydrogens is 455 g/mol. The Kier molecular flexibility index (Phi) is 8.32. The second kappa shape index (κ2) is 11.4. The van der Waals surface area contributed by atoms with Crippen LogP contribution in [-0.4, -0.2) is 70.4 Å². The van der Waals surface area contributed by atoms with E-state index in [1.165, 1.54) is 13.5 Å². The molecule has 0 saturated carbocycles. The number of nitrogens with one attached hydrogen (secondary N) is 1. The summed E-state index contributed by atoms with van der Waals surface area (Å²) >= 11 is 0. The molecule has 3 heterocycles. The van der Waals surface area contributed by atoms with Gasteiger partial charge in [0, 0.05) is 55.7 Å². The van der Waals surface area contributed by atoms with Crippen molar-refractivity contribution in [2.24, 2.45) is 5.41 Å². The van der Waals surface area contributed by atoms with E-state index in [4.69, 9.17) is 14.5 Å². The number of hydrogen-bond donors (Lipinski definition) is 1. The maximum absolute atomic E-state index is 14.7. The van der Waals surface area contributed by atoms with E-state index in [0.29, 0.717) is 12.0 Å². The van der Waals surface area contributed by atoms with E-state index in [0.717, 1.165) is 72.7 Å². The fourth-order valence-electron chi connectivity index (χ4n) is 5.40. The highest BCUT2D eigenvalue weighted by atomic mass is 19.1. The van der Waals surface area contributed by atoms with Crippen molar-refractivity contribution in [3.8, 4) is 22.8 Å². The standard InChI is InChI=1S/C27H33FN4O2.C2H6.H2/c1-29-10-13-34-20-6-4-19(5-7-20)23-15-25(21-14-22(28)26(33-3)16-24(21)30-23)32-12-9-27(18-32)8-11-31(2)17-27;1-2;/h4-7,14-16,29H,8-13,17-18H2,1-3H3;1-2H3;1H. The fraction of sp³-hybridized carbons (Fsp3) is 0.483. The van der Waals surface area contributed by atoms with Crippen LogP contribution in [0.4, 0.5) is 10.1 Å². The molecule has 0 radical (unpaired) electrons. The smallest absolute Gasteiger partial charge is 0.165 e. The van der Waals surface area contributed by atoms with Gasteiger partial charge >= 0.3 is 0 Å². The molecule has 1 spiro atoms. The lowest BCUT2D eigenvalue weighted by molar-refractivity contribution is 0.312. The number of ether oxygens (including phenoxy) is 2. The van der Waals surface area contributed by atoms with Gasteiger partial charge < -0.3 is 24.6 Å². The highest BCUT2D eigenvalue weighted by Gasteiger charge is 2.42. The molecule has 0 aliphatic carbocycles. The summed E-state index contributed by atoms with van der Waals surface area (Å²) in [5.74, 6) is 0.686. The molecule has 196 valence electrons. The second-order valence-corrected chi connectivity index (χ2v) is 9.67. The van der Waals surface area contributed by atoms with Gasteiger partial charge in [0.15, 0.2) is 11.6 Å². The second-order valence-electron chi connectivity index (χ2n) is 9.67. The Morgan fingerprint density at radius 2 is 1.83 bits per heavy atom. The molecule has 1 atom stereocenters. The summed E-state index contributed by atoms with van der Waals surface area (Å²) in [4.78, 5) is 9.75. The number of anilines is 1. The highest BCUT2D eigenvalue weighted by molar-refractivity contribution is 5.95. The molecule has 2 aliphatic rings.